The smallest absolute Gasteiger partial charge is 0.118 e. The first-order valence-electron chi connectivity index (χ1n) is 4.55. The highest BCUT2D eigenvalue weighted by molar-refractivity contribution is 5.34. The topological polar surface area (TPSA) is 29.5 Å². The zero-order chi connectivity index (χ0) is 10.6. The Morgan fingerprint density at radius 3 is 2.36 bits per heavy atom. The van der Waals surface area contributed by atoms with Gasteiger partial charge < -0.3 is 9.84 Å². The minimum absolute atomic E-state index is 0.0584. The van der Waals surface area contributed by atoms with Crippen LogP contribution >= 0.6 is 0 Å². The molecule has 14 heavy (non-hydrogen) atoms. The molecule has 0 fully saturated rings. The molecule has 0 amide bonds. The molecular formula is C12H16O2. The van der Waals surface area contributed by atoms with Crippen LogP contribution in [0.5, 0.6) is 5.75 Å². The molecule has 0 saturated heterocycles. The number of hydrogen-bond donors (Lipinski definition) is 1. The third kappa shape index (κ3) is 1.96. The van der Waals surface area contributed by atoms with Crippen LogP contribution in [0.2, 0.25) is 0 Å². The van der Waals surface area contributed by atoms with Crippen LogP contribution in [-0.4, -0.2) is 18.8 Å². The van der Waals surface area contributed by atoms with E-state index in [1.807, 2.05) is 31.2 Å². The molecular weight excluding hydrogens is 176 g/mol. The summed E-state index contributed by atoms with van der Waals surface area (Å²) in [6.45, 7) is 5.74. The summed E-state index contributed by atoms with van der Waals surface area (Å²) < 4.78 is 5.06. The van der Waals surface area contributed by atoms with Gasteiger partial charge in [0.1, 0.15) is 5.75 Å². The van der Waals surface area contributed by atoms with Gasteiger partial charge >= 0.3 is 0 Å². The van der Waals surface area contributed by atoms with Crippen LogP contribution in [0.15, 0.2) is 36.9 Å². The average Bonchev–Trinajstić information content (AvgIpc) is 2.28. The van der Waals surface area contributed by atoms with E-state index < -0.39 is 0 Å². The number of hydrogen-bond acceptors (Lipinski definition) is 2. The lowest BCUT2D eigenvalue weighted by molar-refractivity contribution is 0.236. The zero-order valence-corrected chi connectivity index (χ0v) is 8.66. The van der Waals surface area contributed by atoms with Crippen LogP contribution in [0.25, 0.3) is 0 Å². The van der Waals surface area contributed by atoms with Gasteiger partial charge in [-0.15, -0.1) is 6.58 Å². The van der Waals surface area contributed by atoms with Crippen molar-refractivity contribution in [2.45, 2.75) is 12.3 Å². The molecule has 0 aliphatic carbocycles. The molecule has 1 atom stereocenters. The summed E-state index contributed by atoms with van der Waals surface area (Å²) in [7, 11) is 1.63. The zero-order valence-electron chi connectivity index (χ0n) is 8.66. The molecule has 76 valence electrons. The Morgan fingerprint density at radius 1 is 1.43 bits per heavy atom. The summed E-state index contributed by atoms with van der Waals surface area (Å²) in [6.07, 6.45) is 1.76. The minimum atomic E-state index is -0.369. The van der Waals surface area contributed by atoms with E-state index >= 15 is 0 Å². The van der Waals surface area contributed by atoms with Crippen molar-refractivity contribution in [3.63, 3.8) is 0 Å². The van der Waals surface area contributed by atoms with Crippen molar-refractivity contribution in [1.82, 2.24) is 0 Å². The van der Waals surface area contributed by atoms with E-state index in [2.05, 4.69) is 6.58 Å². The van der Waals surface area contributed by atoms with Gasteiger partial charge in [-0.3, -0.25) is 0 Å². The molecule has 1 aromatic rings. The Hall–Kier alpha value is -1.28. The van der Waals surface area contributed by atoms with Crippen LogP contribution in [0.1, 0.15) is 12.5 Å². The summed E-state index contributed by atoms with van der Waals surface area (Å²) in [5, 5.41) is 9.26. The fraction of sp³-hybridized carbons (Fsp3) is 0.333. The van der Waals surface area contributed by atoms with Crippen LogP contribution in [0.3, 0.4) is 0 Å². The molecule has 0 spiro atoms. The fourth-order valence-corrected chi connectivity index (χ4v) is 1.25. The van der Waals surface area contributed by atoms with Crippen molar-refractivity contribution >= 4 is 0 Å². The predicted molar refractivity (Wildman–Crippen MR) is 57.6 cm³/mol. The van der Waals surface area contributed by atoms with Crippen molar-refractivity contribution < 1.29 is 9.84 Å². The lowest BCUT2D eigenvalue weighted by Crippen LogP contribution is -2.23. The maximum absolute atomic E-state index is 9.26. The molecule has 0 aliphatic rings. The molecule has 2 heteroatoms. The maximum atomic E-state index is 9.26. The Labute approximate surface area is 84.8 Å². The lowest BCUT2D eigenvalue weighted by atomic mass is 9.83. The number of aliphatic hydroxyl groups excluding tert-OH is 1. The Morgan fingerprint density at radius 2 is 2.00 bits per heavy atom. The maximum Gasteiger partial charge on any atom is 0.118 e. The molecule has 0 unspecified atom stereocenters. The van der Waals surface area contributed by atoms with Crippen LogP contribution < -0.4 is 4.74 Å². The quantitative estimate of drug-likeness (QED) is 0.740. The van der Waals surface area contributed by atoms with Gasteiger partial charge in [-0.25, -0.2) is 0 Å². The molecule has 0 radical (unpaired) electrons. The second-order valence-corrected chi connectivity index (χ2v) is 3.51. The molecule has 1 aromatic carbocycles. The second-order valence-electron chi connectivity index (χ2n) is 3.51. The van der Waals surface area contributed by atoms with E-state index in [0.29, 0.717) is 0 Å². The summed E-state index contributed by atoms with van der Waals surface area (Å²) in [5.41, 5.74) is 0.669. The minimum Gasteiger partial charge on any atom is -0.497 e. The summed E-state index contributed by atoms with van der Waals surface area (Å²) in [4.78, 5) is 0. The summed E-state index contributed by atoms with van der Waals surface area (Å²) in [5.74, 6) is 0.818. The number of methoxy groups -OCH3 is 1. The SMILES string of the molecule is C=C[C@](C)(CO)c1ccc(OC)cc1. The van der Waals surface area contributed by atoms with Crippen molar-refractivity contribution in [3.05, 3.63) is 42.5 Å². The van der Waals surface area contributed by atoms with Crippen LogP contribution in [-0.2, 0) is 5.41 Å². The Kier molecular flexibility index (Phi) is 3.31. The Bertz CT molecular complexity index is 303. The number of rotatable bonds is 4. The van der Waals surface area contributed by atoms with E-state index in [9.17, 15) is 5.11 Å². The van der Waals surface area contributed by atoms with Gasteiger partial charge in [0.25, 0.3) is 0 Å². The Balaban J connectivity index is 3.01. The van der Waals surface area contributed by atoms with E-state index in [0.717, 1.165) is 11.3 Å². The van der Waals surface area contributed by atoms with Gasteiger partial charge in [0.05, 0.1) is 13.7 Å². The van der Waals surface area contributed by atoms with E-state index in [4.69, 9.17) is 4.74 Å². The standard InChI is InChI=1S/C12H16O2/c1-4-12(2,9-13)10-5-7-11(14-3)8-6-10/h4-8,13H,1,9H2,2-3H3/t12-/m1/s1. The molecule has 0 heterocycles. The van der Waals surface area contributed by atoms with E-state index in [-0.39, 0.29) is 12.0 Å². The average molecular weight is 192 g/mol. The number of benzene rings is 1. The highest BCUT2D eigenvalue weighted by atomic mass is 16.5. The van der Waals surface area contributed by atoms with Gasteiger partial charge in [0.15, 0.2) is 0 Å². The van der Waals surface area contributed by atoms with Gasteiger partial charge in [-0.05, 0) is 24.6 Å². The third-order valence-corrected chi connectivity index (χ3v) is 2.53. The largest absolute Gasteiger partial charge is 0.497 e. The third-order valence-electron chi connectivity index (χ3n) is 2.53. The van der Waals surface area contributed by atoms with Crippen molar-refractivity contribution in [2.75, 3.05) is 13.7 Å². The molecule has 0 bridgehead atoms. The summed E-state index contributed by atoms with van der Waals surface area (Å²) in [6, 6.07) is 7.65. The first kappa shape index (κ1) is 10.8. The molecule has 1 rings (SSSR count). The van der Waals surface area contributed by atoms with Gasteiger partial charge in [0, 0.05) is 5.41 Å². The highest BCUT2D eigenvalue weighted by Crippen LogP contribution is 2.25. The predicted octanol–water partition coefficient (Wildman–Crippen LogP) is 2.13. The molecule has 0 aromatic heterocycles. The normalized spacial score (nSPS) is 14.5. The molecule has 0 aliphatic heterocycles. The van der Waals surface area contributed by atoms with Crippen molar-refractivity contribution in [2.24, 2.45) is 0 Å². The first-order valence-corrected chi connectivity index (χ1v) is 4.55. The van der Waals surface area contributed by atoms with Gasteiger partial charge in [0.2, 0.25) is 0 Å². The first-order chi connectivity index (χ1) is 6.66. The van der Waals surface area contributed by atoms with E-state index in [1.165, 1.54) is 0 Å². The van der Waals surface area contributed by atoms with Gasteiger partial charge in [-0.2, -0.15) is 0 Å². The lowest BCUT2D eigenvalue weighted by Gasteiger charge is -2.23. The van der Waals surface area contributed by atoms with Crippen LogP contribution in [0, 0.1) is 0 Å². The number of ether oxygens (including phenoxy) is 1. The highest BCUT2D eigenvalue weighted by Gasteiger charge is 2.21. The van der Waals surface area contributed by atoms with Crippen LogP contribution in [0.4, 0.5) is 0 Å². The second kappa shape index (κ2) is 4.29. The summed E-state index contributed by atoms with van der Waals surface area (Å²) >= 11 is 0. The number of aliphatic hydroxyl groups is 1. The monoisotopic (exact) mass is 192 g/mol. The fourth-order valence-electron chi connectivity index (χ4n) is 1.25. The molecule has 2 nitrogen and oxygen atoms in total. The molecule has 0 saturated carbocycles. The van der Waals surface area contributed by atoms with Gasteiger partial charge in [-0.1, -0.05) is 18.2 Å². The van der Waals surface area contributed by atoms with Crippen molar-refractivity contribution in [3.8, 4) is 5.75 Å². The van der Waals surface area contributed by atoms with Crippen molar-refractivity contribution in [1.29, 1.82) is 0 Å². The molecule has 1 N–H and O–H groups in total. The van der Waals surface area contributed by atoms with E-state index in [1.54, 1.807) is 13.2 Å².